The van der Waals surface area contributed by atoms with Gasteiger partial charge in [0, 0.05) is 22.7 Å². The third-order valence-corrected chi connectivity index (χ3v) is 5.51. The lowest BCUT2D eigenvalue weighted by Gasteiger charge is -2.07. The van der Waals surface area contributed by atoms with Crippen LogP contribution in [0.4, 0.5) is 0 Å². The summed E-state index contributed by atoms with van der Waals surface area (Å²) in [6.07, 6.45) is 3.29. The molecule has 2 aromatic carbocycles. The quantitative estimate of drug-likeness (QED) is 0.391. The van der Waals surface area contributed by atoms with Crippen molar-refractivity contribution in [1.82, 2.24) is 14.5 Å². The van der Waals surface area contributed by atoms with Crippen LogP contribution in [0.2, 0.25) is 0 Å². The summed E-state index contributed by atoms with van der Waals surface area (Å²) in [5.41, 5.74) is 6.48. The maximum absolute atomic E-state index is 12.1. The topological polar surface area (TPSA) is 81.2 Å². The van der Waals surface area contributed by atoms with Gasteiger partial charge in [0.25, 0.3) is 0 Å². The Morgan fingerprint density at radius 2 is 1.81 bits per heavy atom. The van der Waals surface area contributed by atoms with E-state index in [4.69, 9.17) is 4.42 Å². The van der Waals surface area contributed by atoms with Crippen molar-refractivity contribution in [1.29, 1.82) is 0 Å². The fraction of sp³-hybridized carbons (Fsp3) is 0.115. The average molecular weight is 423 g/mol. The summed E-state index contributed by atoms with van der Waals surface area (Å²) >= 11 is 0. The Hall–Kier alpha value is -4.19. The molecule has 0 fully saturated rings. The summed E-state index contributed by atoms with van der Waals surface area (Å²) < 4.78 is 7.42. The molecule has 3 aromatic heterocycles. The zero-order valence-corrected chi connectivity index (χ0v) is 17.7. The number of nitrogens with zero attached hydrogens (tertiary/aromatic N) is 3. The Morgan fingerprint density at radius 1 is 1.00 bits per heavy atom. The largest absolute Gasteiger partial charge is 0.477 e. The molecule has 0 aliphatic rings. The molecule has 1 N–H and O–H groups in total. The first-order chi connectivity index (χ1) is 15.5. The van der Waals surface area contributed by atoms with Crippen molar-refractivity contribution >= 4 is 16.9 Å². The van der Waals surface area contributed by atoms with E-state index in [-0.39, 0.29) is 12.2 Å². The number of carboxylic acids is 1. The number of pyridine rings is 1. The number of carbonyl (C=O) groups is 1. The van der Waals surface area contributed by atoms with Gasteiger partial charge in [-0.15, -0.1) is 0 Å². The minimum absolute atomic E-state index is 0.182. The number of oxazole rings is 1. The van der Waals surface area contributed by atoms with Gasteiger partial charge in [0.05, 0.1) is 23.4 Å². The van der Waals surface area contributed by atoms with Crippen LogP contribution in [0.1, 0.15) is 27.3 Å². The molecular weight excluding hydrogens is 402 g/mol. The number of carboxylic acid groups (broad SMARTS) is 1. The lowest BCUT2D eigenvalue weighted by atomic mass is 10.1. The minimum atomic E-state index is -1.00. The Kier molecular flexibility index (Phi) is 4.82. The van der Waals surface area contributed by atoms with E-state index < -0.39 is 5.97 Å². The molecule has 0 spiro atoms. The summed E-state index contributed by atoms with van der Waals surface area (Å²) in [4.78, 5) is 21.2. The first kappa shape index (κ1) is 19.8. The number of aryl methyl sites for hydroxylation is 2. The zero-order chi connectivity index (χ0) is 22.2. The monoisotopic (exact) mass is 423 g/mol. The predicted molar refractivity (Wildman–Crippen MR) is 123 cm³/mol. The van der Waals surface area contributed by atoms with E-state index in [1.165, 1.54) is 0 Å². The summed E-state index contributed by atoms with van der Waals surface area (Å²) in [6, 6.07) is 19.5. The van der Waals surface area contributed by atoms with E-state index in [0.717, 1.165) is 38.9 Å². The molecule has 0 radical (unpaired) electrons. The smallest absolute Gasteiger partial charge is 0.352 e. The molecule has 32 heavy (non-hydrogen) atoms. The van der Waals surface area contributed by atoms with Crippen LogP contribution in [-0.2, 0) is 6.54 Å². The SMILES string of the molecule is Cc1ccc(-c2nc(Cn3c(C(=O)O)cc4c(-c5cccc(C)c5)nccc43)co2)cc1. The molecule has 3 heterocycles. The molecule has 0 amide bonds. The van der Waals surface area contributed by atoms with Gasteiger partial charge in [-0.2, -0.15) is 0 Å². The number of fused-ring (bicyclic) bond motifs is 1. The van der Waals surface area contributed by atoms with E-state index >= 15 is 0 Å². The number of rotatable bonds is 5. The second kappa shape index (κ2) is 7.81. The lowest BCUT2D eigenvalue weighted by molar-refractivity contribution is 0.0686. The molecule has 0 saturated heterocycles. The van der Waals surface area contributed by atoms with Crippen LogP contribution in [0, 0.1) is 13.8 Å². The molecule has 0 saturated carbocycles. The summed E-state index contributed by atoms with van der Waals surface area (Å²) in [5.74, 6) is -0.492. The maximum atomic E-state index is 12.1. The van der Waals surface area contributed by atoms with Gasteiger partial charge in [-0.25, -0.2) is 9.78 Å². The molecule has 6 nitrogen and oxygen atoms in total. The van der Waals surface area contributed by atoms with Gasteiger partial charge in [0.1, 0.15) is 12.0 Å². The highest BCUT2D eigenvalue weighted by Crippen LogP contribution is 2.30. The van der Waals surface area contributed by atoms with Gasteiger partial charge in [0.15, 0.2) is 0 Å². The molecule has 5 aromatic rings. The van der Waals surface area contributed by atoms with Crippen molar-refractivity contribution in [3.8, 4) is 22.7 Å². The Labute approximate surface area is 184 Å². The predicted octanol–water partition coefficient (Wildman–Crippen LogP) is 5.72. The molecule has 0 aliphatic heterocycles. The van der Waals surface area contributed by atoms with Gasteiger partial charge < -0.3 is 14.1 Å². The van der Waals surface area contributed by atoms with Crippen LogP contribution in [-0.4, -0.2) is 25.6 Å². The molecule has 158 valence electrons. The van der Waals surface area contributed by atoms with E-state index in [0.29, 0.717) is 11.6 Å². The van der Waals surface area contributed by atoms with Crippen LogP contribution < -0.4 is 0 Å². The number of aromatic carboxylic acids is 1. The van der Waals surface area contributed by atoms with Gasteiger partial charge in [-0.05, 0) is 44.2 Å². The minimum Gasteiger partial charge on any atom is -0.477 e. The normalized spacial score (nSPS) is 11.2. The second-order valence-electron chi connectivity index (χ2n) is 7.89. The Bertz CT molecular complexity index is 1450. The maximum Gasteiger partial charge on any atom is 0.352 e. The van der Waals surface area contributed by atoms with Crippen molar-refractivity contribution in [2.75, 3.05) is 0 Å². The summed E-state index contributed by atoms with van der Waals surface area (Å²) in [7, 11) is 0. The van der Waals surface area contributed by atoms with Crippen molar-refractivity contribution in [2.45, 2.75) is 20.4 Å². The first-order valence-electron chi connectivity index (χ1n) is 10.3. The molecule has 0 unspecified atom stereocenters. The highest BCUT2D eigenvalue weighted by Gasteiger charge is 2.19. The molecule has 6 heteroatoms. The first-order valence-corrected chi connectivity index (χ1v) is 10.3. The second-order valence-corrected chi connectivity index (χ2v) is 7.89. The van der Waals surface area contributed by atoms with Crippen LogP contribution >= 0.6 is 0 Å². The van der Waals surface area contributed by atoms with Crippen molar-refractivity contribution in [3.05, 3.63) is 95.6 Å². The Balaban J connectivity index is 1.58. The van der Waals surface area contributed by atoms with Crippen LogP contribution in [0.15, 0.2) is 77.5 Å². The molecular formula is C26H21N3O3. The fourth-order valence-corrected chi connectivity index (χ4v) is 3.93. The van der Waals surface area contributed by atoms with E-state index in [1.807, 2.05) is 68.4 Å². The number of hydrogen-bond acceptors (Lipinski definition) is 4. The van der Waals surface area contributed by atoms with Gasteiger partial charge in [-0.3, -0.25) is 4.98 Å². The van der Waals surface area contributed by atoms with Gasteiger partial charge in [0.2, 0.25) is 5.89 Å². The number of hydrogen-bond donors (Lipinski definition) is 1. The lowest BCUT2D eigenvalue weighted by Crippen LogP contribution is -2.09. The number of benzene rings is 2. The molecule has 5 rings (SSSR count). The van der Waals surface area contributed by atoms with Gasteiger partial charge >= 0.3 is 5.97 Å². The molecule has 0 aliphatic carbocycles. The Morgan fingerprint density at radius 3 is 2.56 bits per heavy atom. The van der Waals surface area contributed by atoms with E-state index in [9.17, 15) is 9.90 Å². The highest BCUT2D eigenvalue weighted by atomic mass is 16.4. The van der Waals surface area contributed by atoms with Gasteiger partial charge in [-0.1, -0.05) is 41.5 Å². The van der Waals surface area contributed by atoms with Crippen molar-refractivity contribution in [3.63, 3.8) is 0 Å². The standard InChI is InChI=1S/C26H21N3O3/c1-16-6-8-18(9-7-16)25-28-20(15-32-25)14-29-22-10-11-27-24(19-5-3-4-17(2)12-19)21(22)13-23(29)26(30)31/h3-13,15H,14H2,1-2H3,(H,30,31). The summed E-state index contributed by atoms with van der Waals surface area (Å²) in [6.45, 7) is 4.32. The highest BCUT2D eigenvalue weighted by molar-refractivity contribution is 6.00. The van der Waals surface area contributed by atoms with E-state index in [1.54, 1.807) is 23.1 Å². The summed E-state index contributed by atoms with van der Waals surface area (Å²) in [5, 5.41) is 10.7. The van der Waals surface area contributed by atoms with E-state index in [2.05, 4.69) is 9.97 Å². The third-order valence-electron chi connectivity index (χ3n) is 5.51. The van der Waals surface area contributed by atoms with Crippen molar-refractivity contribution in [2.24, 2.45) is 0 Å². The van der Waals surface area contributed by atoms with Crippen LogP contribution in [0.25, 0.3) is 33.6 Å². The molecule has 0 bridgehead atoms. The zero-order valence-electron chi connectivity index (χ0n) is 17.7. The number of aromatic nitrogens is 3. The third kappa shape index (κ3) is 3.56. The van der Waals surface area contributed by atoms with Crippen LogP contribution in [0.3, 0.4) is 0 Å². The molecule has 0 atom stereocenters. The fourth-order valence-electron chi connectivity index (χ4n) is 3.93. The van der Waals surface area contributed by atoms with Crippen LogP contribution in [0.5, 0.6) is 0 Å². The van der Waals surface area contributed by atoms with Crippen molar-refractivity contribution < 1.29 is 14.3 Å². The average Bonchev–Trinajstić information content (AvgIpc) is 3.40.